The maximum absolute atomic E-state index is 12.7. The summed E-state index contributed by atoms with van der Waals surface area (Å²) in [5, 5.41) is 5.05. The molecular formula is C24H30ClN5O3. The van der Waals surface area contributed by atoms with Crippen molar-refractivity contribution in [1.29, 1.82) is 0 Å². The van der Waals surface area contributed by atoms with Gasteiger partial charge in [0.2, 0.25) is 11.8 Å². The molecule has 3 heterocycles. The quantitative estimate of drug-likeness (QED) is 0.602. The van der Waals surface area contributed by atoms with E-state index in [0.717, 1.165) is 16.8 Å². The van der Waals surface area contributed by atoms with E-state index in [0.29, 0.717) is 70.7 Å². The number of morpholine rings is 1. The highest BCUT2D eigenvalue weighted by Crippen LogP contribution is 2.22. The molecule has 2 aliphatic heterocycles. The molecule has 0 saturated carbocycles. The van der Waals surface area contributed by atoms with Crippen molar-refractivity contribution in [3.05, 3.63) is 58.4 Å². The molecule has 0 radical (unpaired) electrons. The van der Waals surface area contributed by atoms with Gasteiger partial charge < -0.3 is 14.5 Å². The third-order valence-corrected chi connectivity index (χ3v) is 6.48. The standard InChI is InChI=1S/C24H30ClN5O3/c1-19-21(24(25)30(26-19)17-20-5-3-2-4-6-20)7-8-22(31)28-11-9-27(10-12-28)18-23(32)29-13-15-33-16-14-29/h2-8H,9-18H2,1H3. The van der Waals surface area contributed by atoms with Crippen LogP contribution in [0.4, 0.5) is 0 Å². The Balaban J connectivity index is 1.29. The third kappa shape index (κ3) is 6.01. The molecule has 9 heteroatoms. The molecule has 0 bridgehead atoms. The number of halogens is 1. The molecule has 4 rings (SSSR count). The highest BCUT2D eigenvalue weighted by atomic mass is 35.5. The first-order valence-corrected chi connectivity index (χ1v) is 11.7. The van der Waals surface area contributed by atoms with Crippen LogP contribution >= 0.6 is 11.6 Å². The molecule has 33 heavy (non-hydrogen) atoms. The highest BCUT2D eigenvalue weighted by Gasteiger charge is 2.24. The predicted octanol–water partition coefficient (Wildman–Crippen LogP) is 1.91. The van der Waals surface area contributed by atoms with E-state index < -0.39 is 0 Å². The highest BCUT2D eigenvalue weighted by molar-refractivity contribution is 6.31. The lowest BCUT2D eigenvalue weighted by atomic mass is 10.2. The average molecular weight is 472 g/mol. The summed E-state index contributed by atoms with van der Waals surface area (Å²) in [7, 11) is 0. The molecule has 2 amide bonds. The maximum Gasteiger partial charge on any atom is 0.246 e. The van der Waals surface area contributed by atoms with Gasteiger partial charge in [-0.1, -0.05) is 41.9 Å². The molecule has 2 fully saturated rings. The van der Waals surface area contributed by atoms with Crippen molar-refractivity contribution in [3.63, 3.8) is 0 Å². The molecular weight excluding hydrogens is 442 g/mol. The number of aromatic nitrogens is 2. The fourth-order valence-corrected chi connectivity index (χ4v) is 4.41. The van der Waals surface area contributed by atoms with Gasteiger partial charge in [0.15, 0.2) is 0 Å². The Labute approximate surface area is 199 Å². The van der Waals surface area contributed by atoms with Crippen LogP contribution in [0.2, 0.25) is 5.15 Å². The van der Waals surface area contributed by atoms with Crippen LogP contribution in [-0.4, -0.2) is 95.3 Å². The van der Waals surface area contributed by atoms with E-state index >= 15 is 0 Å². The number of aryl methyl sites for hydroxylation is 1. The fraction of sp³-hybridized carbons (Fsp3) is 0.458. The van der Waals surface area contributed by atoms with Gasteiger partial charge in [0.1, 0.15) is 5.15 Å². The molecule has 0 atom stereocenters. The van der Waals surface area contributed by atoms with Gasteiger partial charge in [0.25, 0.3) is 0 Å². The first kappa shape index (κ1) is 23.5. The zero-order chi connectivity index (χ0) is 23.2. The molecule has 2 aliphatic rings. The van der Waals surface area contributed by atoms with E-state index in [9.17, 15) is 9.59 Å². The van der Waals surface area contributed by atoms with Gasteiger partial charge in [-0.25, -0.2) is 4.68 Å². The van der Waals surface area contributed by atoms with E-state index in [1.807, 2.05) is 47.1 Å². The van der Waals surface area contributed by atoms with E-state index in [1.165, 1.54) is 0 Å². The normalized spacial score (nSPS) is 17.6. The second-order valence-electron chi connectivity index (χ2n) is 8.36. The van der Waals surface area contributed by atoms with Gasteiger partial charge in [0, 0.05) is 50.9 Å². The number of ether oxygens (including phenoxy) is 1. The van der Waals surface area contributed by atoms with Crippen molar-refractivity contribution in [2.24, 2.45) is 0 Å². The van der Waals surface area contributed by atoms with Crippen LogP contribution in [0, 0.1) is 6.92 Å². The zero-order valence-corrected chi connectivity index (χ0v) is 19.7. The molecule has 1 aromatic carbocycles. The summed E-state index contributed by atoms with van der Waals surface area (Å²) < 4.78 is 7.06. The average Bonchev–Trinajstić information content (AvgIpc) is 3.11. The number of benzene rings is 1. The lowest BCUT2D eigenvalue weighted by Crippen LogP contribution is -2.52. The Morgan fingerprint density at radius 3 is 2.42 bits per heavy atom. The maximum atomic E-state index is 12.7. The largest absolute Gasteiger partial charge is 0.378 e. The second kappa shape index (κ2) is 11.0. The first-order chi connectivity index (χ1) is 16.0. The van der Waals surface area contributed by atoms with Crippen LogP contribution in [0.1, 0.15) is 16.8 Å². The van der Waals surface area contributed by atoms with Crippen LogP contribution in [0.3, 0.4) is 0 Å². The van der Waals surface area contributed by atoms with Crippen LogP contribution in [0.25, 0.3) is 6.08 Å². The minimum atomic E-state index is -0.0552. The Hall–Kier alpha value is -2.68. The minimum Gasteiger partial charge on any atom is -0.378 e. The van der Waals surface area contributed by atoms with Gasteiger partial charge in [-0.05, 0) is 18.6 Å². The molecule has 0 aliphatic carbocycles. The van der Waals surface area contributed by atoms with Crippen LogP contribution in [0.5, 0.6) is 0 Å². The number of nitrogens with zero attached hydrogens (tertiary/aromatic N) is 5. The first-order valence-electron chi connectivity index (χ1n) is 11.3. The van der Waals surface area contributed by atoms with Crippen molar-refractivity contribution < 1.29 is 14.3 Å². The number of piperazine rings is 1. The van der Waals surface area contributed by atoms with Gasteiger partial charge in [-0.2, -0.15) is 5.10 Å². The number of rotatable bonds is 6. The predicted molar refractivity (Wildman–Crippen MR) is 127 cm³/mol. The fourth-order valence-electron chi connectivity index (χ4n) is 4.11. The Bertz CT molecular complexity index is 993. The summed E-state index contributed by atoms with van der Waals surface area (Å²) in [6.45, 7) is 7.96. The summed E-state index contributed by atoms with van der Waals surface area (Å²) in [4.78, 5) is 30.9. The van der Waals surface area contributed by atoms with Crippen molar-refractivity contribution in [2.75, 3.05) is 59.0 Å². The van der Waals surface area contributed by atoms with Crippen molar-refractivity contribution >= 4 is 29.5 Å². The van der Waals surface area contributed by atoms with E-state index in [4.69, 9.17) is 16.3 Å². The molecule has 1 aromatic heterocycles. The number of carbonyl (C=O) groups excluding carboxylic acids is 2. The number of amides is 2. The molecule has 0 N–H and O–H groups in total. The number of hydrogen-bond acceptors (Lipinski definition) is 5. The molecule has 0 unspecified atom stereocenters. The minimum absolute atomic E-state index is 0.0552. The SMILES string of the molecule is Cc1nn(Cc2ccccc2)c(Cl)c1C=CC(=O)N1CCN(CC(=O)N2CCOCC2)CC1. The molecule has 2 aromatic rings. The smallest absolute Gasteiger partial charge is 0.246 e. The molecule has 8 nitrogen and oxygen atoms in total. The summed E-state index contributed by atoms with van der Waals surface area (Å²) in [5.41, 5.74) is 2.65. The van der Waals surface area contributed by atoms with Gasteiger partial charge >= 0.3 is 0 Å². The number of carbonyl (C=O) groups is 2. The van der Waals surface area contributed by atoms with E-state index in [-0.39, 0.29) is 11.8 Å². The molecule has 2 saturated heterocycles. The Morgan fingerprint density at radius 1 is 1.03 bits per heavy atom. The van der Waals surface area contributed by atoms with E-state index in [1.54, 1.807) is 16.8 Å². The third-order valence-electron chi connectivity index (χ3n) is 6.08. The Morgan fingerprint density at radius 2 is 1.73 bits per heavy atom. The zero-order valence-electron chi connectivity index (χ0n) is 19.0. The summed E-state index contributed by atoms with van der Waals surface area (Å²) in [6.07, 6.45) is 3.32. The van der Waals surface area contributed by atoms with Crippen molar-refractivity contribution in [2.45, 2.75) is 13.5 Å². The summed E-state index contributed by atoms with van der Waals surface area (Å²) in [5.74, 6) is 0.0797. The molecule has 176 valence electrons. The molecule has 0 spiro atoms. The van der Waals surface area contributed by atoms with Crippen LogP contribution in [0.15, 0.2) is 36.4 Å². The van der Waals surface area contributed by atoms with E-state index in [2.05, 4.69) is 10.00 Å². The Kier molecular flexibility index (Phi) is 7.80. The number of hydrogen-bond donors (Lipinski definition) is 0. The van der Waals surface area contributed by atoms with Crippen LogP contribution < -0.4 is 0 Å². The van der Waals surface area contributed by atoms with Gasteiger partial charge in [-0.3, -0.25) is 14.5 Å². The summed E-state index contributed by atoms with van der Waals surface area (Å²) in [6, 6.07) is 10.00. The topological polar surface area (TPSA) is 70.9 Å². The lowest BCUT2D eigenvalue weighted by Gasteiger charge is -2.35. The van der Waals surface area contributed by atoms with Crippen molar-refractivity contribution in [3.8, 4) is 0 Å². The van der Waals surface area contributed by atoms with Crippen LogP contribution in [-0.2, 0) is 20.9 Å². The van der Waals surface area contributed by atoms with Gasteiger partial charge in [0.05, 0.1) is 32.0 Å². The van der Waals surface area contributed by atoms with Crippen molar-refractivity contribution in [1.82, 2.24) is 24.5 Å². The lowest BCUT2D eigenvalue weighted by molar-refractivity contribution is -0.137. The van der Waals surface area contributed by atoms with Gasteiger partial charge in [-0.15, -0.1) is 0 Å². The summed E-state index contributed by atoms with van der Waals surface area (Å²) >= 11 is 6.55. The second-order valence-corrected chi connectivity index (χ2v) is 8.72. The monoisotopic (exact) mass is 471 g/mol.